The van der Waals surface area contributed by atoms with E-state index in [-0.39, 0.29) is 16.6 Å². The Kier molecular flexibility index (Phi) is 5.26. The normalized spacial score (nSPS) is 21.0. The molecule has 2 aromatic rings. The molecule has 1 amide bonds. The van der Waals surface area contributed by atoms with Gasteiger partial charge in [-0.25, -0.2) is 18.4 Å². The third-order valence-electron chi connectivity index (χ3n) is 5.45. The summed E-state index contributed by atoms with van der Waals surface area (Å²) in [6.07, 6.45) is 4.55. The van der Waals surface area contributed by atoms with E-state index < -0.39 is 16.1 Å². The summed E-state index contributed by atoms with van der Waals surface area (Å²) >= 11 is 0. The molecule has 2 aromatic heterocycles. The summed E-state index contributed by atoms with van der Waals surface area (Å²) in [4.78, 5) is 25.5. The SMILES string of the molecule is Cc1noc(C)c1S(=O)(=O)N1CCCC1C(=O)N1CCN(c2ncccn2)CC1. The highest BCUT2D eigenvalue weighted by atomic mass is 32.2. The van der Waals surface area contributed by atoms with Crippen LogP contribution in [0.3, 0.4) is 0 Å². The lowest BCUT2D eigenvalue weighted by Crippen LogP contribution is -2.54. The van der Waals surface area contributed by atoms with E-state index >= 15 is 0 Å². The van der Waals surface area contributed by atoms with Crippen molar-refractivity contribution in [3.8, 4) is 0 Å². The molecule has 0 aromatic carbocycles. The topological polar surface area (TPSA) is 113 Å². The van der Waals surface area contributed by atoms with Crippen molar-refractivity contribution in [2.75, 3.05) is 37.6 Å². The minimum Gasteiger partial charge on any atom is -0.360 e. The zero-order valence-electron chi connectivity index (χ0n) is 16.5. The first-order valence-corrected chi connectivity index (χ1v) is 11.1. The van der Waals surface area contributed by atoms with Crippen LogP contribution in [0.5, 0.6) is 0 Å². The van der Waals surface area contributed by atoms with E-state index in [9.17, 15) is 13.2 Å². The molecule has 4 heterocycles. The van der Waals surface area contributed by atoms with E-state index in [0.717, 1.165) is 0 Å². The van der Waals surface area contributed by atoms with Crippen LogP contribution in [0.2, 0.25) is 0 Å². The zero-order valence-corrected chi connectivity index (χ0v) is 17.3. The highest BCUT2D eigenvalue weighted by Gasteiger charge is 2.43. The fourth-order valence-electron chi connectivity index (χ4n) is 4.03. The molecular formula is C18H24N6O4S. The van der Waals surface area contributed by atoms with E-state index in [1.54, 1.807) is 37.2 Å². The fourth-order valence-corrected chi connectivity index (χ4v) is 5.97. The van der Waals surface area contributed by atoms with Crippen LogP contribution in [0.15, 0.2) is 27.9 Å². The summed E-state index contributed by atoms with van der Waals surface area (Å²) in [5, 5.41) is 3.76. The minimum atomic E-state index is -3.84. The third-order valence-corrected chi connectivity index (χ3v) is 7.60. The van der Waals surface area contributed by atoms with E-state index in [4.69, 9.17) is 4.52 Å². The number of amides is 1. The average Bonchev–Trinajstić information content (AvgIpc) is 3.35. The molecule has 156 valence electrons. The van der Waals surface area contributed by atoms with Crippen molar-refractivity contribution in [1.82, 2.24) is 24.3 Å². The summed E-state index contributed by atoms with van der Waals surface area (Å²) in [5.41, 5.74) is 0.317. The summed E-state index contributed by atoms with van der Waals surface area (Å²) in [7, 11) is -3.84. The lowest BCUT2D eigenvalue weighted by atomic mass is 10.2. The highest BCUT2D eigenvalue weighted by Crippen LogP contribution is 2.30. The number of piperazine rings is 1. The fraction of sp³-hybridized carbons (Fsp3) is 0.556. The predicted molar refractivity (Wildman–Crippen MR) is 104 cm³/mol. The van der Waals surface area contributed by atoms with Gasteiger partial charge in [-0.15, -0.1) is 0 Å². The maximum absolute atomic E-state index is 13.2. The number of carbonyl (C=O) groups is 1. The van der Waals surface area contributed by atoms with Gasteiger partial charge in [-0.2, -0.15) is 4.31 Å². The van der Waals surface area contributed by atoms with Gasteiger partial charge >= 0.3 is 0 Å². The number of nitrogens with zero attached hydrogens (tertiary/aromatic N) is 6. The standard InChI is InChI=1S/C18H24N6O4S/c1-13-16(14(2)28-21-13)29(26,27)24-8-3-5-15(24)17(25)22-9-11-23(12-10-22)18-19-6-4-7-20-18/h4,6-7,15H,3,5,8-12H2,1-2H3. The number of aryl methyl sites for hydroxylation is 2. The molecule has 0 N–H and O–H groups in total. The molecule has 1 unspecified atom stereocenters. The Balaban J connectivity index is 1.48. The van der Waals surface area contributed by atoms with E-state index in [1.807, 2.05) is 4.90 Å². The molecule has 2 aliphatic heterocycles. The number of sulfonamides is 1. The van der Waals surface area contributed by atoms with Crippen molar-refractivity contribution in [3.63, 3.8) is 0 Å². The largest absolute Gasteiger partial charge is 0.360 e. The first-order valence-electron chi connectivity index (χ1n) is 9.65. The second kappa shape index (κ2) is 7.71. The van der Waals surface area contributed by atoms with Crippen LogP contribution < -0.4 is 4.90 Å². The Labute approximate surface area is 169 Å². The van der Waals surface area contributed by atoms with Crippen LogP contribution in [0.1, 0.15) is 24.3 Å². The van der Waals surface area contributed by atoms with Crippen LogP contribution >= 0.6 is 0 Å². The maximum atomic E-state index is 13.2. The van der Waals surface area contributed by atoms with Crippen molar-refractivity contribution in [2.24, 2.45) is 0 Å². The molecule has 2 aliphatic rings. The van der Waals surface area contributed by atoms with Gasteiger partial charge in [-0.1, -0.05) is 5.16 Å². The van der Waals surface area contributed by atoms with Gasteiger partial charge in [0, 0.05) is 45.1 Å². The number of hydrogen-bond acceptors (Lipinski definition) is 8. The molecule has 0 radical (unpaired) electrons. The molecule has 0 aliphatic carbocycles. The maximum Gasteiger partial charge on any atom is 0.249 e. The van der Waals surface area contributed by atoms with Gasteiger partial charge in [0.05, 0.1) is 0 Å². The van der Waals surface area contributed by atoms with Crippen LogP contribution in [0.4, 0.5) is 5.95 Å². The average molecular weight is 420 g/mol. The number of anilines is 1. The smallest absolute Gasteiger partial charge is 0.249 e. The van der Waals surface area contributed by atoms with Crippen molar-refractivity contribution >= 4 is 21.9 Å². The van der Waals surface area contributed by atoms with Crippen molar-refractivity contribution in [3.05, 3.63) is 29.9 Å². The minimum absolute atomic E-state index is 0.0724. The van der Waals surface area contributed by atoms with Gasteiger partial charge < -0.3 is 14.3 Å². The quantitative estimate of drug-likeness (QED) is 0.706. The van der Waals surface area contributed by atoms with Gasteiger partial charge in [-0.3, -0.25) is 4.79 Å². The number of rotatable bonds is 4. The first-order chi connectivity index (χ1) is 13.9. The molecule has 0 bridgehead atoms. The molecule has 1 atom stereocenters. The molecule has 10 nitrogen and oxygen atoms in total. The number of hydrogen-bond donors (Lipinski definition) is 0. The van der Waals surface area contributed by atoms with Crippen LogP contribution in [-0.2, 0) is 14.8 Å². The summed E-state index contributed by atoms with van der Waals surface area (Å²) in [6.45, 7) is 5.73. The Morgan fingerprint density at radius 1 is 1.10 bits per heavy atom. The molecule has 2 fully saturated rings. The van der Waals surface area contributed by atoms with Crippen LogP contribution in [0, 0.1) is 13.8 Å². The molecule has 2 saturated heterocycles. The Hall–Kier alpha value is -2.53. The van der Waals surface area contributed by atoms with E-state index in [0.29, 0.717) is 57.2 Å². The van der Waals surface area contributed by atoms with Gasteiger partial charge in [0.2, 0.25) is 21.9 Å². The van der Waals surface area contributed by atoms with Gasteiger partial charge in [0.1, 0.15) is 16.6 Å². The third kappa shape index (κ3) is 3.60. The van der Waals surface area contributed by atoms with Crippen molar-refractivity contribution in [2.45, 2.75) is 37.6 Å². The van der Waals surface area contributed by atoms with Gasteiger partial charge in [-0.05, 0) is 32.8 Å². The predicted octanol–water partition coefficient (Wildman–Crippen LogP) is 0.583. The lowest BCUT2D eigenvalue weighted by molar-refractivity contribution is -0.134. The molecule has 11 heteroatoms. The lowest BCUT2D eigenvalue weighted by Gasteiger charge is -2.37. The number of carbonyl (C=O) groups excluding carboxylic acids is 1. The first kappa shape index (κ1) is 19.8. The summed E-state index contributed by atoms with van der Waals surface area (Å²) in [6, 6.07) is 1.07. The highest BCUT2D eigenvalue weighted by molar-refractivity contribution is 7.89. The van der Waals surface area contributed by atoms with Gasteiger partial charge in [0.15, 0.2) is 5.76 Å². The monoisotopic (exact) mass is 420 g/mol. The van der Waals surface area contributed by atoms with Crippen molar-refractivity contribution < 1.29 is 17.7 Å². The second-order valence-electron chi connectivity index (χ2n) is 7.29. The number of aromatic nitrogens is 3. The van der Waals surface area contributed by atoms with E-state index in [2.05, 4.69) is 15.1 Å². The summed E-state index contributed by atoms with van der Waals surface area (Å²) in [5.74, 6) is 0.742. The zero-order chi connectivity index (χ0) is 20.6. The Morgan fingerprint density at radius 2 is 1.79 bits per heavy atom. The van der Waals surface area contributed by atoms with Crippen LogP contribution in [-0.4, -0.2) is 77.4 Å². The summed E-state index contributed by atoms with van der Waals surface area (Å²) < 4.78 is 32.8. The van der Waals surface area contributed by atoms with Crippen LogP contribution in [0.25, 0.3) is 0 Å². The van der Waals surface area contributed by atoms with E-state index in [1.165, 1.54) is 4.31 Å². The van der Waals surface area contributed by atoms with Gasteiger partial charge in [0.25, 0.3) is 0 Å². The molecular weight excluding hydrogens is 396 g/mol. The molecule has 29 heavy (non-hydrogen) atoms. The molecule has 0 spiro atoms. The second-order valence-corrected chi connectivity index (χ2v) is 9.12. The van der Waals surface area contributed by atoms with Crippen molar-refractivity contribution in [1.29, 1.82) is 0 Å². The molecule has 0 saturated carbocycles. The molecule has 4 rings (SSSR count). The Bertz CT molecular complexity index is 966. The Morgan fingerprint density at radius 3 is 2.41 bits per heavy atom.